The third kappa shape index (κ3) is 4.42. The second-order valence-corrected chi connectivity index (χ2v) is 7.09. The van der Waals surface area contributed by atoms with E-state index in [0.29, 0.717) is 48.3 Å². The Bertz CT molecular complexity index is 851. The van der Waals surface area contributed by atoms with E-state index in [1.165, 1.54) is 0 Å². The largest absolute Gasteiger partial charge is 0.495 e. The van der Waals surface area contributed by atoms with Gasteiger partial charge in [-0.2, -0.15) is 0 Å². The van der Waals surface area contributed by atoms with E-state index in [9.17, 15) is 4.79 Å². The highest BCUT2D eigenvalue weighted by Crippen LogP contribution is 2.33. The number of nitrogens with zero attached hydrogens (tertiary/aromatic N) is 3. The Labute approximate surface area is 163 Å². The van der Waals surface area contributed by atoms with E-state index >= 15 is 0 Å². The molecule has 27 heavy (non-hydrogen) atoms. The van der Waals surface area contributed by atoms with E-state index in [1.54, 1.807) is 13.2 Å². The summed E-state index contributed by atoms with van der Waals surface area (Å²) in [5.74, 6) is 1.71. The lowest BCUT2D eigenvalue weighted by Gasteiger charge is -2.31. The van der Waals surface area contributed by atoms with Gasteiger partial charge in [-0.1, -0.05) is 11.6 Å². The van der Waals surface area contributed by atoms with Crippen molar-refractivity contribution in [2.75, 3.05) is 30.4 Å². The Morgan fingerprint density at radius 1 is 1.26 bits per heavy atom. The van der Waals surface area contributed by atoms with Crippen molar-refractivity contribution in [1.29, 1.82) is 0 Å². The Morgan fingerprint density at radius 2 is 1.96 bits per heavy atom. The summed E-state index contributed by atoms with van der Waals surface area (Å²) in [5, 5.41) is 13.1. The van der Waals surface area contributed by atoms with Crippen LogP contribution in [-0.2, 0) is 4.79 Å². The van der Waals surface area contributed by atoms with E-state index in [-0.39, 0.29) is 5.92 Å². The van der Waals surface area contributed by atoms with Gasteiger partial charge in [0.2, 0.25) is 0 Å². The van der Waals surface area contributed by atoms with Crippen molar-refractivity contribution in [3.05, 3.63) is 34.6 Å². The van der Waals surface area contributed by atoms with E-state index < -0.39 is 5.97 Å². The van der Waals surface area contributed by atoms with Gasteiger partial charge in [-0.3, -0.25) is 4.79 Å². The fourth-order valence-electron chi connectivity index (χ4n) is 3.20. The number of carbonyl (C=O) groups is 1. The van der Waals surface area contributed by atoms with Crippen molar-refractivity contribution in [2.45, 2.75) is 26.7 Å². The number of aromatic nitrogens is 2. The maximum Gasteiger partial charge on any atom is 0.306 e. The van der Waals surface area contributed by atoms with E-state index in [1.807, 2.05) is 26.0 Å². The van der Waals surface area contributed by atoms with Crippen LogP contribution < -0.4 is 15.0 Å². The van der Waals surface area contributed by atoms with Crippen LogP contribution in [-0.4, -0.2) is 41.2 Å². The fraction of sp³-hybridized carbons (Fsp3) is 0.421. The van der Waals surface area contributed by atoms with Gasteiger partial charge in [0, 0.05) is 30.2 Å². The molecule has 0 radical (unpaired) electrons. The molecule has 1 aromatic heterocycles. The molecule has 0 aliphatic carbocycles. The van der Waals surface area contributed by atoms with Gasteiger partial charge in [-0.25, -0.2) is 9.97 Å². The topological polar surface area (TPSA) is 87.6 Å². The minimum absolute atomic E-state index is 0.275. The van der Waals surface area contributed by atoms with Crippen LogP contribution in [0.1, 0.15) is 24.2 Å². The first kappa shape index (κ1) is 19.2. The van der Waals surface area contributed by atoms with Gasteiger partial charge in [0.25, 0.3) is 0 Å². The van der Waals surface area contributed by atoms with Gasteiger partial charge in [0.05, 0.1) is 18.7 Å². The third-order valence-electron chi connectivity index (χ3n) is 4.74. The number of carboxylic acids is 1. The van der Waals surface area contributed by atoms with Crippen LogP contribution in [0.3, 0.4) is 0 Å². The molecule has 2 N–H and O–H groups in total. The number of rotatable bonds is 5. The maximum atomic E-state index is 11.1. The molecular weight excluding hydrogens is 368 g/mol. The molecular formula is C19H23ClN4O3. The number of hydrogen-bond acceptors (Lipinski definition) is 6. The van der Waals surface area contributed by atoms with E-state index in [4.69, 9.17) is 21.4 Å². The van der Waals surface area contributed by atoms with Gasteiger partial charge in [-0.05, 0) is 38.3 Å². The summed E-state index contributed by atoms with van der Waals surface area (Å²) in [6, 6.07) is 5.55. The summed E-state index contributed by atoms with van der Waals surface area (Å²) in [7, 11) is 1.59. The summed E-state index contributed by atoms with van der Waals surface area (Å²) in [6.45, 7) is 5.09. The first-order chi connectivity index (χ1) is 12.9. The zero-order chi connectivity index (χ0) is 19.6. The highest BCUT2D eigenvalue weighted by molar-refractivity contribution is 6.31. The van der Waals surface area contributed by atoms with E-state index in [0.717, 1.165) is 17.1 Å². The van der Waals surface area contributed by atoms with Crippen LogP contribution in [0.15, 0.2) is 18.2 Å². The van der Waals surface area contributed by atoms with Gasteiger partial charge >= 0.3 is 5.97 Å². The highest BCUT2D eigenvalue weighted by Gasteiger charge is 2.25. The lowest BCUT2D eigenvalue weighted by Crippen LogP contribution is -2.36. The van der Waals surface area contributed by atoms with Crippen molar-refractivity contribution in [1.82, 2.24) is 9.97 Å². The van der Waals surface area contributed by atoms with Gasteiger partial charge < -0.3 is 20.1 Å². The Balaban J connectivity index is 1.82. The van der Waals surface area contributed by atoms with Gasteiger partial charge in [-0.15, -0.1) is 0 Å². The lowest BCUT2D eigenvalue weighted by atomic mass is 9.97. The van der Waals surface area contributed by atoms with Crippen LogP contribution >= 0.6 is 11.6 Å². The Kier molecular flexibility index (Phi) is 5.70. The molecule has 8 heteroatoms. The minimum atomic E-state index is -0.721. The lowest BCUT2D eigenvalue weighted by molar-refractivity contribution is -0.142. The molecule has 1 aliphatic heterocycles. The first-order valence-corrected chi connectivity index (χ1v) is 9.19. The van der Waals surface area contributed by atoms with Crippen LogP contribution in [0.5, 0.6) is 5.75 Å². The number of carboxylic acid groups (broad SMARTS) is 1. The molecule has 7 nitrogen and oxygen atoms in total. The number of ether oxygens (including phenoxy) is 1. The highest BCUT2D eigenvalue weighted by atomic mass is 35.5. The smallest absolute Gasteiger partial charge is 0.306 e. The number of anilines is 3. The molecule has 0 bridgehead atoms. The van der Waals surface area contributed by atoms with Crippen molar-refractivity contribution in [3.63, 3.8) is 0 Å². The van der Waals surface area contributed by atoms with Crippen LogP contribution in [0.2, 0.25) is 5.02 Å². The molecule has 0 spiro atoms. The number of aliphatic carboxylic acids is 1. The number of halogens is 1. The molecule has 0 amide bonds. The fourth-order valence-corrected chi connectivity index (χ4v) is 3.35. The van der Waals surface area contributed by atoms with Crippen LogP contribution in [0.25, 0.3) is 0 Å². The number of nitrogens with one attached hydrogen (secondary N) is 1. The summed E-state index contributed by atoms with van der Waals surface area (Å²) >= 11 is 6.17. The van der Waals surface area contributed by atoms with Crippen LogP contribution in [0.4, 0.5) is 17.3 Å². The Hall–Kier alpha value is -2.54. The quantitative estimate of drug-likeness (QED) is 0.802. The summed E-state index contributed by atoms with van der Waals surface area (Å²) in [5.41, 5.74) is 1.70. The first-order valence-electron chi connectivity index (χ1n) is 8.82. The minimum Gasteiger partial charge on any atom is -0.495 e. The SMILES string of the molecule is COc1cc(Cl)c(C)cc1Nc1cc(N2CCC(C(=O)O)CC2)nc(C)n1. The molecule has 1 aromatic carbocycles. The van der Waals surface area contributed by atoms with Gasteiger partial charge in [0.1, 0.15) is 23.2 Å². The van der Waals surface area contributed by atoms with Crippen molar-refractivity contribution in [3.8, 4) is 5.75 Å². The summed E-state index contributed by atoms with van der Waals surface area (Å²) in [6.07, 6.45) is 1.23. The number of hydrogen-bond donors (Lipinski definition) is 2. The average Bonchev–Trinajstić information content (AvgIpc) is 2.64. The zero-order valence-electron chi connectivity index (χ0n) is 15.6. The number of piperidine rings is 1. The predicted molar refractivity (Wildman–Crippen MR) is 105 cm³/mol. The predicted octanol–water partition coefficient (Wildman–Crippen LogP) is 3.80. The number of methoxy groups -OCH3 is 1. The van der Waals surface area contributed by atoms with Gasteiger partial charge in [0.15, 0.2) is 0 Å². The molecule has 0 atom stereocenters. The molecule has 3 rings (SSSR count). The molecule has 0 unspecified atom stereocenters. The molecule has 2 aromatic rings. The van der Waals surface area contributed by atoms with Crippen molar-refractivity contribution >= 4 is 34.9 Å². The number of benzene rings is 1. The zero-order valence-corrected chi connectivity index (χ0v) is 16.4. The molecule has 0 saturated carbocycles. The normalized spacial score (nSPS) is 14.9. The molecule has 1 saturated heterocycles. The second-order valence-electron chi connectivity index (χ2n) is 6.68. The molecule has 1 fully saturated rings. The van der Waals surface area contributed by atoms with Crippen LogP contribution in [0, 0.1) is 19.8 Å². The standard InChI is InChI=1S/C19H23ClN4O3/c1-11-8-15(16(27-3)9-14(11)20)23-17-10-18(22-12(2)21-17)24-6-4-13(5-7-24)19(25)26/h8-10,13H,4-7H2,1-3H3,(H,25,26)(H,21,22,23). The maximum absolute atomic E-state index is 11.1. The third-order valence-corrected chi connectivity index (χ3v) is 5.14. The Morgan fingerprint density at radius 3 is 2.59 bits per heavy atom. The number of aryl methyl sites for hydroxylation is 2. The summed E-state index contributed by atoms with van der Waals surface area (Å²) < 4.78 is 5.41. The molecule has 144 valence electrons. The van der Waals surface area contributed by atoms with Crippen molar-refractivity contribution in [2.24, 2.45) is 5.92 Å². The second kappa shape index (κ2) is 8.00. The van der Waals surface area contributed by atoms with Crippen molar-refractivity contribution < 1.29 is 14.6 Å². The van der Waals surface area contributed by atoms with E-state index in [2.05, 4.69) is 20.2 Å². The average molecular weight is 391 g/mol. The summed E-state index contributed by atoms with van der Waals surface area (Å²) in [4.78, 5) is 22.2. The monoisotopic (exact) mass is 390 g/mol. The molecule has 2 heterocycles. The molecule has 1 aliphatic rings.